The first-order valence-electron chi connectivity index (χ1n) is 11.0. The van der Waals surface area contributed by atoms with E-state index in [1.54, 1.807) is 24.3 Å². The van der Waals surface area contributed by atoms with Gasteiger partial charge in [-0.05, 0) is 42.0 Å². The second-order valence-corrected chi connectivity index (χ2v) is 10.2. The van der Waals surface area contributed by atoms with Gasteiger partial charge in [0.05, 0.1) is 16.4 Å². The van der Waals surface area contributed by atoms with Crippen LogP contribution in [-0.2, 0) is 23.1 Å². The monoisotopic (exact) mass is 543 g/mol. The van der Waals surface area contributed by atoms with Gasteiger partial charge in [0, 0.05) is 47.4 Å². The van der Waals surface area contributed by atoms with Gasteiger partial charge in [-0.1, -0.05) is 52.0 Å². The number of halogens is 1. The van der Waals surface area contributed by atoms with Gasteiger partial charge in [0.15, 0.2) is 0 Å². The number of nitro benzene ring substituents is 1. The predicted molar refractivity (Wildman–Crippen MR) is 135 cm³/mol. The predicted octanol–water partition coefficient (Wildman–Crippen LogP) is 4.66. The van der Waals surface area contributed by atoms with E-state index in [1.807, 2.05) is 27.7 Å². The van der Waals surface area contributed by atoms with Gasteiger partial charge < -0.3 is 5.11 Å². The van der Waals surface area contributed by atoms with Crippen molar-refractivity contribution in [1.29, 1.82) is 0 Å². The minimum atomic E-state index is -3.68. The molecule has 2 aromatic rings. The molecule has 2 N–H and O–H groups in total. The SMILES string of the molecule is CC.CC(C)CN(CC[C@H](Cc1ccc([N+](=O)[O-])cc1)NBr)S(=O)(=O)c1ccc(CO)cc1. The van der Waals surface area contributed by atoms with E-state index in [0.29, 0.717) is 31.5 Å². The van der Waals surface area contributed by atoms with Crippen LogP contribution in [0.1, 0.15) is 45.2 Å². The fourth-order valence-corrected chi connectivity index (χ4v) is 5.18. The molecule has 0 saturated carbocycles. The number of non-ortho nitro benzene ring substituents is 1. The number of nitrogens with zero attached hydrogens (tertiary/aromatic N) is 2. The maximum absolute atomic E-state index is 13.2. The molecule has 0 heterocycles. The maximum atomic E-state index is 13.2. The topological polar surface area (TPSA) is 113 Å². The molecule has 0 aromatic heterocycles. The quantitative estimate of drug-likeness (QED) is 0.228. The average Bonchev–Trinajstić information content (AvgIpc) is 2.82. The van der Waals surface area contributed by atoms with Gasteiger partial charge in [-0.15, -0.1) is 0 Å². The smallest absolute Gasteiger partial charge is 0.269 e. The Balaban J connectivity index is 0.00000265. The Bertz CT molecular complexity index is 951. The lowest BCUT2D eigenvalue weighted by molar-refractivity contribution is -0.384. The van der Waals surface area contributed by atoms with E-state index in [0.717, 1.165) is 5.56 Å². The zero-order valence-corrected chi connectivity index (χ0v) is 22.0. The highest BCUT2D eigenvalue weighted by molar-refractivity contribution is 9.08. The van der Waals surface area contributed by atoms with Gasteiger partial charge in [-0.25, -0.2) is 8.42 Å². The van der Waals surface area contributed by atoms with Crippen LogP contribution < -0.4 is 4.34 Å². The fourth-order valence-electron chi connectivity index (χ4n) is 3.17. The molecular weight excluding hydrogens is 510 g/mol. The number of rotatable bonds is 12. The van der Waals surface area contributed by atoms with Crippen LogP contribution in [0, 0.1) is 16.0 Å². The molecule has 33 heavy (non-hydrogen) atoms. The number of hydrogen-bond donors (Lipinski definition) is 2. The minimum Gasteiger partial charge on any atom is -0.392 e. The van der Waals surface area contributed by atoms with Gasteiger partial charge >= 0.3 is 0 Å². The summed E-state index contributed by atoms with van der Waals surface area (Å²) < 4.78 is 30.9. The number of hydrogen-bond acceptors (Lipinski definition) is 6. The summed E-state index contributed by atoms with van der Waals surface area (Å²) in [6, 6.07) is 12.5. The summed E-state index contributed by atoms with van der Waals surface area (Å²) in [6.07, 6.45) is 1.13. The minimum absolute atomic E-state index is 0.0357. The molecule has 0 spiro atoms. The van der Waals surface area contributed by atoms with E-state index in [1.165, 1.54) is 28.6 Å². The maximum Gasteiger partial charge on any atom is 0.269 e. The van der Waals surface area contributed by atoms with Crippen molar-refractivity contribution in [1.82, 2.24) is 8.65 Å². The Kier molecular flexibility index (Phi) is 12.8. The second-order valence-electron chi connectivity index (χ2n) is 7.78. The number of aliphatic hydroxyl groups excluding tert-OH is 1. The standard InChI is InChI=1S/C21H28BrN3O5S.C2H6/c1-16(2)14-24(31(29,30)21-9-5-18(15-26)6-10-21)12-11-19(23-22)13-17-3-7-20(8-4-17)25(27)28;1-2/h3-10,16,19,23,26H,11-15H2,1-2H3;1-2H3/t19-;/m1./s1. The molecule has 8 nitrogen and oxygen atoms in total. The number of benzene rings is 2. The highest BCUT2D eigenvalue weighted by atomic mass is 79.9. The van der Waals surface area contributed by atoms with Crippen LogP contribution >= 0.6 is 16.1 Å². The third kappa shape index (κ3) is 9.13. The number of nitrogens with one attached hydrogen (secondary N) is 1. The molecule has 0 aliphatic carbocycles. The summed E-state index contributed by atoms with van der Waals surface area (Å²) in [5.41, 5.74) is 1.61. The Hall–Kier alpha value is -1.85. The van der Waals surface area contributed by atoms with Crippen molar-refractivity contribution in [3.05, 3.63) is 69.8 Å². The number of sulfonamides is 1. The Morgan fingerprint density at radius 3 is 2.06 bits per heavy atom. The Morgan fingerprint density at radius 2 is 1.61 bits per heavy atom. The number of aliphatic hydroxyl groups is 1. The molecule has 0 bridgehead atoms. The molecule has 2 aromatic carbocycles. The molecule has 10 heteroatoms. The lowest BCUT2D eigenvalue weighted by Gasteiger charge is -2.26. The third-order valence-electron chi connectivity index (χ3n) is 4.82. The van der Waals surface area contributed by atoms with Crippen molar-refractivity contribution in [2.24, 2.45) is 5.92 Å². The summed E-state index contributed by atoms with van der Waals surface area (Å²) in [4.78, 5) is 10.6. The van der Waals surface area contributed by atoms with Crippen LogP contribution in [0.2, 0.25) is 0 Å². The van der Waals surface area contributed by atoms with E-state index in [-0.39, 0.29) is 29.1 Å². The Morgan fingerprint density at radius 1 is 1.06 bits per heavy atom. The lowest BCUT2D eigenvalue weighted by atomic mass is 10.0. The van der Waals surface area contributed by atoms with Crippen molar-refractivity contribution in [2.45, 2.75) is 58.1 Å². The van der Waals surface area contributed by atoms with Gasteiger partial charge in [0.1, 0.15) is 0 Å². The molecule has 0 aliphatic heterocycles. The molecule has 0 saturated heterocycles. The van der Waals surface area contributed by atoms with E-state index >= 15 is 0 Å². The molecule has 0 radical (unpaired) electrons. The zero-order chi connectivity index (χ0) is 25.0. The number of nitro groups is 1. The van der Waals surface area contributed by atoms with Crippen molar-refractivity contribution < 1.29 is 18.4 Å². The van der Waals surface area contributed by atoms with Crippen molar-refractivity contribution in [3.63, 3.8) is 0 Å². The fraction of sp³-hybridized carbons (Fsp3) is 0.478. The molecule has 2 rings (SSSR count). The van der Waals surface area contributed by atoms with E-state index in [4.69, 9.17) is 0 Å². The summed E-state index contributed by atoms with van der Waals surface area (Å²) >= 11 is 3.27. The van der Waals surface area contributed by atoms with Crippen LogP contribution in [0.25, 0.3) is 0 Å². The summed E-state index contributed by atoms with van der Waals surface area (Å²) in [5, 5.41) is 20.0. The highest BCUT2D eigenvalue weighted by Crippen LogP contribution is 2.20. The van der Waals surface area contributed by atoms with Crippen molar-refractivity contribution in [3.8, 4) is 0 Å². The van der Waals surface area contributed by atoms with Crippen LogP contribution in [0.3, 0.4) is 0 Å². The molecule has 1 atom stereocenters. The largest absolute Gasteiger partial charge is 0.392 e. The van der Waals surface area contributed by atoms with Gasteiger partial charge in [-0.3, -0.25) is 14.5 Å². The van der Waals surface area contributed by atoms with Crippen LogP contribution in [0.5, 0.6) is 0 Å². The Labute approximate surface area is 205 Å². The van der Waals surface area contributed by atoms with Crippen molar-refractivity contribution in [2.75, 3.05) is 13.1 Å². The van der Waals surface area contributed by atoms with Crippen LogP contribution in [0.4, 0.5) is 5.69 Å². The van der Waals surface area contributed by atoms with Gasteiger partial charge in [0.25, 0.3) is 5.69 Å². The first kappa shape index (κ1) is 29.2. The van der Waals surface area contributed by atoms with Crippen LogP contribution in [-0.4, -0.2) is 41.9 Å². The van der Waals surface area contributed by atoms with E-state index in [9.17, 15) is 23.6 Å². The summed E-state index contributed by atoms with van der Waals surface area (Å²) in [7, 11) is -3.68. The highest BCUT2D eigenvalue weighted by Gasteiger charge is 2.26. The van der Waals surface area contributed by atoms with Crippen molar-refractivity contribution >= 4 is 31.9 Å². The average molecular weight is 545 g/mol. The second kappa shape index (κ2) is 14.4. The normalized spacial score (nSPS) is 12.4. The molecule has 184 valence electrons. The summed E-state index contributed by atoms with van der Waals surface area (Å²) in [5.74, 6) is 0.150. The molecular formula is C23H34BrN3O5S. The lowest BCUT2D eigenvalue weighted by Crippen LogP contribution is -2.38. The first-order chi connectivity index (χ1) is 15.7. The molecule has 0 fully saturated rings. The van der Waals surface area contributed by atoms with Gasteiger partial charge in [0.2, 0.25) is 10.0 Å². The van der Waals surface area contributed by atoms with Crippen LogP contribution in [0.15, 0.2) is 53.4 Å². The van der Waals surface area contributed by atoms with E-state index in [2.05, 4.69) is 20.5 Å². The van der Waals surface area contributed by atoms with Gasteiger partial charge in [-0.2, -0.15) is 4.31 Å². The zero-order valence-electron chi connectivity index (χ0n) is 19.6. The third-order valence-corrected chi connectivity index (χ3v) is 7.35. The summed E-state index contributed by atoms with van der Waals surface area (Å²) in [6.45, 7) is 8.50. The first-order valence-corrected chi connectivity index (χ1v) is 13.2. The molecule has 0 aliphatic rings. The van der Waals surface area contributed by atoms with E-state index < -0.39 is 14.9 Å². The molecule has 0 amide bonds. The molecule has 0 unspecified atom stereocenters.